The van der Waals surface area contributed by atoms with Gasteiger partial charge >= 0.3 is 0 Å². The molecule has 0 aromatic heterocycles. The van der Waals surface area contributed by atoms with Crippen molar-refractivity contribution in [1.29, 1.82) is 0 Å². The maximum absolute atomic E-state index is 5.86. The van der Waals surface area contributed by atoms with Crippen molar-refractivity contribution in [2.24, 2.45) is 5.73 Å². The summed E-state index contributed by atoms with van der Waals surface area (Å²) in [6.07, 6.45) is 0. The van der Waals surface area contributed by atoms with Crippen LogP contribution in [0.2, 0.25) is 5.02 Å². The summed E-state index contributed by atoms with van der Waals surface area (Å²) >= 11 is 10.9. The van der Waals surface area contributed by atoms with Crippen LogP contribution in [0.25, 0.3) is 0 Å². The fourth-order valence-electron chi connectivity index (χ4n) is 1.57. The minimum Gasteiger partial charge on any atom is -0.376 e. The van der Waals surface area contributed by atoms with Crippen molar-refractivity contribution in [2.45, 2.75) is 0 Å². The average molecular weight is 263 g/mol. The Morgan fingerprint density at radius 3 is 2.00 bits per heavy atom. The summed E-state index contributed by atoms with van der Waals surface area (Å²) in [5, 5.41) is 0.989. The number of hydrogen-bond acceptors (Lipinski definition) is 1. The van der Waals surface area contributed by atoms with Crippen LogP contribution in [0, 0.1) is 0 Å². The predicted octanol–water partition coefficient (Wildman–Crippen LogP) is 3.72. The minimum atomic E-state index is 0.304. The molecular formula is C13H11ClN2S. The predicted molar refractivity (Wildman–Crippen MR) is 76.8 cm³/mol. The van der Waals surface area contributed by atoms with Gasteiger partial charge < -0.3 is 5.73 Å². The van der Waals surface area contributed by atoms with Crippen molar-refractivity contribution in [2.75, 3.05) is 4.90 Å². The number of hydrogen-bond donors (Lipinski definition) is 1. The highest BCUT2D eigenvalue weighted by molar-refractivity contribution is 7.80. The third-order valence-corrected chi connectivity index (χ3v) is 2.75. The second kappa shape index (κ2) is 5.17. The summed E-state index contributed by atoms with van der Waals surface area (Å²) in [5.41, 5.74) is 7.59. The number of rotatable bonds is 2. The molecule has 0 heterocycles. The molecule has 4 heteroatoms. The Kier molecular flexibility index (Phi) is 3.61. The molecule has 0 bridgehead atoms. The van der Waals surface area contributed by atoms with Gasteiger partial charge in [0.1, 0.15) is 0 Å². The van der Waals surface area contributed by atoms with Crippen molar-refractivity contribution in [1.82, 2.24) is 0 Å². The Hall–Kier alpha value is -1.58. The molecule has 0 amide bonds. The maximum Gasteiger partial charge on any atom is 0.175 e. The van der Waals surface area contributed by atoms with Crippen LogP contribution in [0.15, 0.2) is 54.6 Å². The highest BCUT2D eigenvalue weighted by Crippen LogP contribution is 2.26. The van der Waals surface area contributed by atoms with Gasteiger partial charge in [-0.3, -0.25) is 4.90 Å². The number of para-hydroxylation sites is 1. The van der Waals surface area contributed by atoms with Gasteiger partial charge in [0, 0.05) is 16.4 Å². The number of nitrogens with zero attached hydrogens (tertiary/aromatic N) is 1. The molecule has 2 aromatic rings. The smallest absolute Gasteiger partial charge is 0.175 e. The van der Waals surface area contributed by atoms with E-state index in [0.717, 1.165) is 11.4 Å². The lowest BCUT2D eigenvalue weighted by Gasteiger charge is -2.22. The largest absolute Gasteiger partial charge is 0.376 e. The molecule has 0 unspecified atom stereocenters. The van der Waals surface area contributed by atoms with Crippen molar-refractivity contribution in [3.05, 3.63) is 59.6 Å². The quantitative estimate of drug-likeness (QED) is 0.837. The van der Waals surface area contributed by atoms with Crippen molar-refractivity contribution in [3.63, 3.8) is 0 Å². The van der Waals surface area contributed by atoms with Crippen molar-refractivity contribution < 1.29 is 0 Å². The van der Waals surface area contributed by atoms with Crippen LogP contribution in [-0.2, 0) is 0 Å². The number of halogens is 1. The van der Waals surface area contributed by atoms with E-state index in [1.807, 2.05) is 54.6 Å². The minimum absolute atomic E-state index is 0.304. The molecule has 0 saturated heterocycles. The second-order valence-corrected chi connectivity index (χ2v) is 4.34. The summed E-state index contributed by atoms with van der Waals surface area (Å²) in [7, 11) is 0. The summed E-state index contributed by atoms with van der Waals surface area (Å²) < 4.78 is 0. The summed E-state index contributed by atoms with van der Waals surface area (Å²) in [6, 6.07) is 17.1. The second-order valence-electron chi connectivity index (χ2n) is 3.49. The zero-order valence-electron chi connectivity index (χ0n) is 9.01. The van der Waals surface area contributed by atoms with Gasteiger partial charge in [-0.05, 0) is 48.6 Å². The van der Waals surface area contributed by atoms with E-state index in [0.29, 0.717) is 10.1 Å². The molecule has 86 valence electrons. The first kappa shape index (κ1) is 11.9. The first-order valence-electron chi connectivity index (χ1n) is 5.08. The third-order valence-electron chi connectivity index (χ3n) is 2.32. The van der Waals surface area contributed by atoms with Gasteiger partial charge in [-0.15, -0.1) is 0 Å². The van der Waals surface area contributed by atoms with Crippen LogP contribution in [-0.4, -0.2) is 5.11 Å². The van der Waals surface area contributed by atoms with Crippen LogP contribution in [0.4, 0.5) is 11.4 Å². The zero-order valence-corrected chi connectivity index (χ0v) is 10.6. The average Bonchev–Trinajstić information content (AvgIpc) is 2.33. The Morgan fingerprint density at radius 1 is 0.941 bits per heavy atom. The van der Waals surface area contributed by atoms with E-state index < -0.39 is 0 Å². The molecule has 17 heavy (non-hydrogen) atoms. The van der Waals surface area contributed by atoms with Crippen LogP contribution in [0.3, 0.4) is 0 Å². The van der Waals surface area contributed by atoms with E-state index in [1.165, 1.54) is 0 Å². The number of nitrogens with two attached hydrogens (primary N) is 1. The molecule has 0 aliphatic rings. The van der Waals surface area contributed by atoms with E-state index in [9.17, 15) is 0 Å². The van der Waals surface area contributed by atoms with Gasteiger partial charge in [-0.2, -0.15) is 0 Å². The molecule has 0 saturated carbocycles. The standard InChI is InChI=1S/C13H11ClN2S/c14-10-6-8-12(9-7-10)16(13(15)17)11-4-2-1-3-5-11/h1-9H,(H2,15,17). The number of thiocarbonyl (C=S) groups is 1. The Balaban J connectivity index is 2.43. The normalized spacial score (nSPS) is 9.94. The molecule has 2 rings (SSSR count). The molecule has 2 N–H and O–H groups in total. The van der Waals surface area contributed by atoms with Crippen LogP contribution in [0.5, 0.6) is 0 Å². The van der Waals surface area contributed by atoms with E-state index >= 15 is 0 Å². The van der Waals surface area contributed by atoms with E-state index in [-0.39, 0.29) is 0 Å². The van der Waals surface area contributed by atoms with E-state index in [1.54, 1.807) is 4.90 Å². The Bertz CT molecular complexity index is 511. The van der Waals surface area contributed by atoms with Gasteiger partial charge in [0.15, 0.2) is 5.11 Å². The van der Waals surface area contributed by atoms with Crippen molar-refractivity contribution >= 4 is 40.3 Å². The fourth-order valence-corrected chi connectivity index (χ4v) is 1.91. The maximum atomic E-state index is 5.86. The molecule has 0 aliphatic heterocycles. The summed E-state index contributed by atoms with van der Waals surface area (Å²) in [5.74, 6) is 0. The summed E-state index contributed by atoms with van der Waals surface area (Å²) in [4.78, 5) is 1.80. The molecule has 0 aliphatic carbocycles. The molecule has 0 fully saturated rings. The zero-order chi connectivity index (χ0) is 12.3. The van der Waals surface area contributed by atoms with Gasteiger partial charge in [0.25, 0.3) is 0 Å². The van der Waals surface area contributed by atoms with E-state index in [2.05, 4.69) is 0 Å². The van der Waals surface area contributed by atoms with Crippen LogP contribution >= 0.6 is 23.8 Å². The lowest BCUT2D eigenvalue weighted by atomic mass is 10.2. The van der Waals surface area contributed by atoms with Crippen molar-refractivity contribution in [3.8, 4) is 0 Å². The third kappa shape index (κ3) is 2.75. The van der Waals surface area contributed by atoms with E-state index in [4.69, 9.17) is 29.6 Å². The molecule has 2 aromatic carbocycles. The SMILES string of the molecule is NC(=S)N(c1ccccc1)c1ccc(Cl)cc1. The van der Waals surface area contributed by atoms with Gasteiger partial charge in [0.05, 0.1) is 0 Å². The lowest BCUT2D eigenvalue weighted by Crippen LogP contribution is -2.31. The Morgan fingerprint density at radius 2 is 1.47 bits per heavy atom. The van der Waals surface area contributed by atoms with Gasteiger partial charge in [0.2, 0.25) is 0 Å². The molecular weight excluding hydrogens is 252 g/mol. The fraction of sp³-hybridized carbons (Fsp3) is 0. The van der Waals surface area contributed by atoms with Gasteiger partial charge in [-0.1, -0.05) is 29.8 Å². The topological polar surface area (TPSA) is 29.3 Å². The number of benzene rings is 2. The molecule has 0 radical (unpaired) electrons. The van der Waals surface area contributed by atoms with Crippen LogP contribution in [0.1, 0.15) is 0 Å². The first-order chi connectivity index (χ1) is 8.18. The lowest BCUT2D eigenvalue weighted by molar-refractivity contribution is 1.34. The monoisotopic (exact) mass is 262 g/mol. The molecule has 2 nitrogen and oxygen atoms in total. The first-order valence-corrected chi connectivity index (χ1v) is 5.87. The van der Waals surface area contributed by atoms with Crippen LogP contribution < -0.4 is 10.6 Å². The molecule has 0 atom stereocenters. The highest BCUT2D eigenvalue weighted by Gasteiger charge is 2.11. The molecule has 0 spiro atoms. The number of anilines is 2. The summed E-state index contributed by atoms with van der Waals surface area (Å²) in [6.45, 7) is 0. The Labute approximate surface area is 111 Å². The van der Waals surface area contributed by atoms with Gasteiger partial charge in [-0.25, -0.2) is 0 Å². The highest BCUT2D eigenvalue weighted by atomic mass is 35.5.